The molecule has 2 atom stereocenters. The second-order valence-corrected chi connectivity index (χ2v) is 5.29. The van der Waals surface area contributed by atoms with Gasteiger partial charge in [-0.3, -0.25) is 4.79 Å². The Balaban J connectivity index is 1.77. The van der Waals surface area contributed by atoms with Crippen molar-refractivity contribution in [2.45, 2.75) is 44.6 Å². The standard InChI is InChI=1S/C16H22O3/c17-16(18)14(12-13-6-2-1-3-7-13)8-4-9-15-10-5-11-19-15/h1-3,6-7,14-15H,4-5,8-12H2,(H,17,18). The van der Waals surface area contributed by atoms with Crippen molar-refractivity contribution in [1.82, 2.24) is 0 Å². The third kappa shape index (κ3) is 4.67. The van der Waals surface area contributed by atoms with Crippen LogP contribution in [0.3, 0.4) is 0 Å². The molecule has 0 spiro atoms. The summed E-state index contributed by atoms with van der Waals surface area (Å²) in [6.07, 6.45) is 5.96. The van der Waals surface area contributed by atoms with Gasteiger partial charge in [0, 0.05) is 6.61 Å². The molecule has 1 saturated heterocycles. The van der Waals surface area contributed by atoms with Crippen molar-refractivity contribution in [1.29, 1.82) is 0 Å². The maximum absolute atomic E-state index is 11.3. The molecule has 1 aromatic carbocycles. The molecule has 1 fully saturated rings. The summed E-state index contributed by atoms with van der Waals surface area (Å²) in [7, 11) is 0. The van der Waals surface area contributed by atoms with Crippen LogP contribution in [0.1, 0.15) is 37.7 Å². The highest BCUT2D eigenvalue weighted by atomic mass is 16.5. The van der Waals surface area contributed by atoms with E-state index in [1.54, 1.807) is 0 Å². The summed E-state index contributed by atoms with van der Waals surface area (Å²) in [5, 5.41) is 9.30. The lowest BCUT2D eigenvalue weighted by Crippen LogP contribution is -2.17. The Hall–Kier alpha value is -1.35. The topological polar surface area (TPSA) is 46.5 Å². The Morgan fingerprint density at radius 2 is 2.16 bits per heavy atom. The van der Waals surface area contributed by atoms with Gasteiger partial charge < -0.3 is 9.84 Å². The molecule has 104 valence electrons. The van der Waals surface area contributed by atoms with E-state index in [4.69, 9.17) is 4.74 Å². The first-order valence-corrected chi connectivity index (χ1v) is 7.14. The molecular weight excluding hydrogens is 240 g/mol. The normalized spacial score (nSPS) is 20.3. The highest BCUT2D eigenvalue weighted by molar-refractivity contribution is 5.70. The van der Waals surface area contributed by atoms with E-state index in [9.17, 15) is 9.90 Å². The highest BCUT2D eigenvalue weighted by Gasteiger charge is 2.20. The Bertz CT molecular complexity index is 382. The molecule has 1 heterocycles. The van der Waals surface area contributed by atoms with Crippen molar-refractivity contribution in [2.24, 2.45) is 5.92 Å². The molecule has 0 aliphatic carbocycles. The second-order valence-electron chi connectivity index (χ2n) is 5.29. The van der Waals surface area contributed by atoms with E-state index in [0.717, 1.165) is 44.3 Å². The third-order valence-electron chi connectivity index (χ3n) is 3.78. The fraction of sp³-hybridized carbons (Fsp3) is 0.562. The van der Waals surface area contributed by atoms with Crippen molar-refractivity contribution >= 4 is 5.97 Å². The fourth-order valence-corrected chi connectivity index (χ4v) is 2.68. The van der Waals surface area contributed by atoms with Crippen LogP contribution in [0.25, 0.3) is 0 Å². The molecule has 1 aliphatic heterocycles. The Labute approximate surface area is 114 Å². The maximum Gasteiger partial charge on any atom is 0.306 e. The Kier molecular flexibility index (Phi) is 5.40. The summed E-state index contributed by atoms with van der Waals surface area (Å²) in [6, 6.07) is 9.87. The SMILES string of the molecule is O=C(O)C(CCCC1CCCO1)Cc1ccccc1. The van der Waals surface area contributed by atoms with Crippen LogP contribution in [0.5, 0.6) is 0 Å². The summed E-state index contributed by atoms with van der Waals surface area (Å²) in [5.74, 6) is -0.958. The minimum Gasteiger partial charge on any atom is -0.481 e. The number of carboxylic acid groups (broad SMARTS) is 1. The Morgan fingerprint density at radius 1 is 1.37 bits per heavy atom. The third-order valence-corrected chi connectivity index (χ3v) is 3.78. The zero-order chi connectivity index (χ0) is 13.5. The molecule has 19 heavy (non-hydrogen) atoms. The largest absolute Gasteiger partial charge is 0.481 e. The number of carbonyl (C=O) groups is 1. The van der Waals surface area contributed by atoms with Gasteiger partial charge in [0.25, 0.3) is 0 Å². The minimum absolute atomic E-state index is 0.274. The van der Waals surface area contributed by atoms with Crippen LogP contribution in [0.4, 0.5) is 0 Å². The molecule has 0 radical (unpaired) electrons. The first-order chi connectivity index (χ1) is 9.25. The van der Waals surface area contributed by atoms with E-state index in [2.05, 4.69) is 0 Å². The molecule has 0 saturated carbocycles. The van der Waals surface area contributed by atoms with Crippen LogP contribution in [-0.2, 0) is 16.0 Å². The van der Waals surface area contributed by atoms with Gasteiger partial charge in [0.1, 0.15) is 0 Å². The molecule has 1 aromatic rings. The molecule has 0 bridgehead atoms. The van der Waals surface area contributed by atoms with Gasteiger partial charge in [-0.2, -0.15) is 0 Å². The van der Waals surface area contributed by atoms with Crippen molar-refractivity contribution in [2.75, 3.05) is 6.61 Å². The predicted octanol–water partition coefficient (Wildman–Crippen LogP) is 3.28. The number of carboxylic acids is 1. The average molecular weight is 262 g/mol. The molecule has 0 amide bonds. The number of benzene rings is 1. The van der Waals surface area contributed by atoms with Crippen LogP contribution in [0.2, 0.25) is 0 Å². The van der Waals surface area contributed by atoms with Gasteiger partial charge in [-0.15, -0.1) is 0 Å². The van der Waals surface area contributed by atoms with Crippen molar-refractivity contribution in [3.05, 3.63) is 35.9 Å². The predicted molar refractivity (Wildman–Crippen MR) is 74.1 cm³/mol. The van der Waals surface area contributed by atoms with E-state index in [1.807, 2.05) is 30.3 Å². The molecule has 1 N–H and O–H groups in total. The summed E-state index contributed by atoms with van der Waals surface area (Å²) in [6.45, 7) is 0.872. The lowest BCUT2D eigenvalue weighted by Gasteiger charge is -2.14. The highest BCUT2D eigenvalue weighted by Crippen LogP contribution is 2.21. The number of hydrogen-bond donors (Lipinski definition) is 1. The van der Waals surface area contributed by atoms with E-state index in [-0.39, 0.29) is 5.92 Å². The molecule has 2 unspecified atom stereocenters. The van der Waals surface area contributed by atoms with Gasteiger partial charge in [0.05, 0.1) is 12.0 Å². The van der Waals surface area contributed by atoms with E-state index >= 15 is 0 Å². The molecule has 0 aromatic heterocycles. The van der Waals surface area contributed by atoms with Crippen molar-refractivity contribution in [3.63, 3.8) is 0 Å². The van der Waals surface area contributed by atoms with E-state index < -0.39 is 5.97 Å². The van der Waals surface area contributed by atoms with E-state index in [1.165, 1.54) is 0 Å². The van der Waals surface area contributed by atoms with Crippen molar-refractivity contribution < 1.29 is 14.6 Å². The number of aliphatic carboxylic acids is 1. The average Bonchev–Trinajstić information content (AvgIpc) is 2.92. The number of rotatable bonds is 7. The zero-order valence-electron chi connectivity index (χ0n) is 11.3. The van der Waals surface area contributed by atoms with Gasteiger partial charge >= 0.3 is 5.97 Å². The molecular formula is C16H22O3. The smallest absolute Gasteiger partial charge is 0.306 e. The lowest BCUT2D eigenvalue weighted by atomic mass is 9.93. The van der Waals surface area contributed by atoms with Crippen LogP contribution in [-0.4, -0.2) is 23.8 Å². The second kappa shape index (κ2) is 7.29. The monoisotopic (exact) mass is 262 g/mol. The molecule has 2 rings (SSSR count). The summed E-state index contributed by atoms with van der Waals surface area (Å²) < 4.78 is 5.57. The summed E-state index contributed by atoms with van der Waals surface area (Å²) >= 11 is 0. The number of hydrogen-bond acceptors (Lipinski definition) is 2. The van der Waals surface area contributed by atoms with Gasteiger partial charge in [0.2, 0.25) is 0 Å². The maximum atomic E-state index is 11.3. The summed E-state index contributed by atoms with van der Waals surface area (Å²) in [5.41, 5.74) is 1.10. The zero-order valence-corrected chi connectivity index (χ0v) is 11.3. The van der Waals surface area contributed by atoms with Crippen molar-refractivity contribution in [3.8, 4) is 0 Å². The van der Waals surface area contributed by atoms with Crippen LogP contribution < -0.4 is 0 Å². The Morgan fingerprint density at radius 3 is 2.79 bits per heavy atom. The van der Waals surface area contributed by atoms with Gasteiger partial charge in [-0.25, -0.2) is 0 Å². The number of ether oxygens (including phenoxy) is 1. The first-order valence-electron chi connectivity index (χ1n) is 7.14. The minimum atomic E-state index is -0.684. The molecule has 3 heteroatoms. The first kappa shape index (κ1) is 14.1. The van der Waals surface area contributed by atoms with Crippen LogP contribution in [0, 0.1) is 5.92 Å². The van der Waals surface area contributed by atoms with Crippen LogP contribution in [0.15, 0.2) is 30.3 Å². The summed E-state index contributed by atoms with van der Waals surface area (Å²) in [4.78, 5) is 11.3. The van der Waals surface area contributed by atoms with Crippen LogP contribution >= 0.6 is 0 Å². The van der Waals surface area contributed by atoms with E-state index in [0.29, 0.717) is 12.5 Å². The van der Waals surface area contributed by atoms with Gasteiger partial charge in [-0.05, 0) is 37.7 Å². The molecule has 3 nitrogen and oxygen atoms in total. The van der Waals surface area contributed by atoms with Gasteiger partial charge in [-0.1, -0.05) is 36.8 Å². The molecule has 1 aliphatic rings. The van der Waals surface area contributed by atoms with Gasteiger partial charge in [0.15, 0.2) is 0 Å². The lowest BCUT2D eigenvalue weighted by molar-refractivity contribution is -0.142. The quantitative estimate of drug-likeness (QED) is 0.820. The fourth-order valence-electron chi connectivity index (χ4n) is 2.68.